The van der Waals surface area contributed by atoms with E-state index >= 15 is 0 Å². The number of likely N-dealkylation sites (N-methyl/N-ethyl adjacent to an activating group) is 1. The SMILES string of the molecule is CCOC(=O)CN(C)c1nnc(C)s1. The van der Waals surface area contributed by atoms with Crippen LogP contribution in [0.1, 0.15) is 11.9 Å². The second-order valence-corrected chi connectivity index (χ2v) is 3.92. The van der Waals surface area contributed by atoms with E-state index in [-0.39, 0.29) is 12.5 Å². The standard InChI is InChI=1S/C8H13N3O2S/c1-4-13-7(12)5-11(3)8-10-9-6(2)14-8/h4-5H2,1-3H3. The molecule has 1 aromatic heterocycles. The summed E-state index contributed by atoms with van der Waals surface area (Å²) in [4.78, 5) is 12.9. The quantitative estimate of drug-likeness (QED) is 0.697. The topological polar surface area (TPSA) is 55.3 Å². The van der Waals surface area contributed by atoms with Crippen LogP contribution in [0.2, 0.25) is 0 Å². The Morgan fingerprint density at radius 2 is 2.29 bits per heavy atom. The minimum absolute atomic E-state index is 0.211. The number of carbonyl (C=O) groups excluding carboxylic acids is 1. The van der Waals surface area contributed by atoms with E-state index in [2.05, 4.69) is 10.2 Å². The maximum Gasteiger partial charge on any atom is 0.325 e. The molecule has 14 heavy (non-hydrogen) atoms. The molecule has 0 amide bonds. The zero-order valence-corrected chi connectivity index (χ0v) is 9.30. The van der Waals surface area contributed by atoms with Crippen molar-refractivity contribution in [3.63, 3.8) is 0 Å². The molecule has 0 atom stereocenters. The van der Waals surface area contributed by atoms with E-state index in [0.29, 0.717) is 6.61 Å². The number of esters is 1. The predicted octanol–water partition coefficient (Wildman–Crippen LogP) is 0.846. The van der Waals surface area contributed by atoms with Gasteiger partial charge < -0.3 is 9.64 Å². The summed E-state index contributed by atoms with van der Waals surface area (Å²) in [5, 5.41) is 9.40. The Bertz CT molecular complexity index is 313. The maximum absolute atomic E-state index is 11.1. The normalized spacial score (nSPS) is 9.93. The van der Waals surface area contributed by atoms with Crippen molar-refractivity contribution in [1.29, 1.82) is 0 Å². The van der Waals surface area contributed by atoms with Crippen molar-refractivity contribution < 1.29 is 9.53 Å². The van der Waals surface area contributed by atoms with Crippen LogP contribution in [0, 0.1) is 6.92 Å². The van der Waals surface area contributed by atoms with Gasteiger partial charge in [0.2, 0.25) is 5.13 Å². The van der Waals surface area contributed by atoms with Crippen LogP contribution < -0.4 is 4.90 Å². The predicted molar refractivity (Wildman–Crippen MR) is 54.5 cm³/mol. The highest BCUT2D eigenvalue weighted by atomic mass is 32.1. The molecule has 1 heterocycles. The number of hydrogen-bond donors (Lipinski definition) is 0. The molecule has 0 saturated carbocycles. The summed E-state index contributed by atoms with van der Waals surface area (Å²) >= 11 is 1.45. The van der Waals surface area contributed by atoms with E-state index in [1.54, 1.807) is 18.9 Å². The monoisotopic (exact) mass is 215 g/mol. The van der Waals surface area contributed by atoms with Crippen molar-refractivity contribution in [3.05, 3.63) is 5.01 Å². The molecule has 0 unspecified atom stereocenters. The highest BCUT2D eigenvalue weighted by Crippen LogP contribution is 2.17. The second-order valence-electron chi connectivity index (χ2n) is 2.76. The van der Waals surface area contributed by atoms with Gasteiger partial charge in [0.15, 0.2) is 0 Å². The van der Waals surface area contributed by atoms with Gasteiger partial charge in [-0.2, -0.15) is 0 Å². The van der Waals surface area contributed by atoms with Crippen LogP contribution in [0.5, 0.6) is 0 Å². The molecule has 1 aromatic rings. The fourth-order valence-electron chi connectivity index (χ4n) is 0.908. The smallest absolute Gasteiger partial charge is 0.325 e. The fraction of sp³-hybridized carbons (Fsp3) is 0.625. The molecule has 6 heteroatoms. The van der Waals surface area contributed by atoms with Crippen LogP contribution in [0.4, 0.5) is 5.13 Å². The van der Waals surface area contributed by atoms with Crippen LogP contribution in [-0.4, -0.2) is 36.4 Å². The van der Waals surface area contributed by atoms with Gasteiger partial charge >= 0.3 is 5.97 Å². The highest BCUT2D eigenvalue weighted by Gasteiger charge is 2.11. The summed E-state index contributed by atoms with van der Waals surface area (Å²) in [6.45, 7) is 4.27. The molecule has 0 fully saturated rings. The van der Waals surface area contributed by atoms with Crippen molar-refractivity contribution in [2.75, 3.05) is 25.1 Å². The molecular weight excluding hydrogens is 202 g/mol. The Morgan fingerprint density at radius 1 is 1.57 bits per heavy atom. The Balaban J connectivity index is 2.50. The van der Waals surface area contributed by atoms with Gasteiger partial charge in [-0.25, -0.2) is 0 Å². The van der Waals surface area contributed by atoms with E-state index < -0.39 is 0 Å². The Morgan fingerprint density at radius 3 is 2.79 bits per heavy atom. The molecule has 0 aliphatic heterocycles. The van der Waals surface area contributed by atoms with Crippen molar-refractivity contribution in [2.24, 2.45) is 0 Å². The van der Waals surface area contributed by atoms with E-state index in [9.17, 15) is 4.79 Å². The average Bonchev–Trinajstić information content (AvgIpc) is 2.52. The largest absolute Gasteiger partial charge is 0.465 e. The van der Waals surface area contributed by atoms with Gasteiger partial charge in [-0.15, -0.1) is 10.2 Å². The van der Waals surface area contributed by atoms with E-state index in [1.807, 2.05) is 6.92 Å². The first-order valence-corrected chi connectivity index (χ1v) is 5.12. The molecule has 0 aromatic carbocycles. The van der Waals surface area contributed by atoms with E-state index in [0.717, 1.165) is 10.1 Å². The first-order valence-electron chi connectivity index (χ1n) is 4.30. The molecular formula is C8H13N3O2S. The number of carbonyl (C=O) groups is 1. The molecule has 0 radical (unpaired) electrons. The summed E-state index contributed by atoms with van der Waals surface area (Å²) in [7, 11) is 1.79. The molecule has 5 nitrogen and oxygen atoms in total. The van der Waals surface area contributed by atoms with Gasteiger partial charge in [-0.1, -0.05) is 11.3 Å². The van der Waals surface area contributed by atoms with Gasteiger partial charge in [0, 0.05) is 7.05 Å². The van der Waals surface area contributed by atoms with Crippen LogP contribution >= 0.6 is 11.3 Å². The molecule has 1 rings (SSSR count). The molecule has 0 saturated heterocycles. The molecule has 0 spiro atoms. The van der Waals surface area contributed by atoms with Crippen LogP contribution in [-0.2, 0) is 9.53 Å². The third kappa shape index (κ3) is 2.95. The molecule has 0 aliphatic carbocycles. The zero-order chi connectivity index (χ0) is 10.6. The molecule has 0 aliphatic rings. The number of rotatable bonds is 4. The average molecular weight is 215 g/mol. The number of aromatic nitrogens is 2. The molecule has 0 bridgehead atoms. The van der Waals surface area contributed by atoms with E-state index in [4.69, 9.17) is 4.74 Å². The Kier molecular flexibility index (Phi) is 3.82. The first-order chi connectivity index (χ1) is 6.63. The summed E-state index contributed by atoms with van der Waals surface area (Å²) in [6, 6.07) is 0. The zero-order valence-electron chi connectivity index (χ0n) is 8.48. The minimum Gasteiger partial charge on any atom is -0.465 e. The van der Waals surface area contributed by atoms with Gasteiger partial charge in [-0.3, -0.25) is 4.79 Å². The third-order valence-electron chi connectivity index (χ3n) is 1.51. The van der Waals surface area contributed by atoms with E-state index in [1.165, 1.54) is 11.3 Å². The lowest BCUT2D eigenvalue weighted by Crippen LogP contribution is -2.26. The lowest BCUT2D eigenvalue weighted by Gasteiger charge is -2.13. The van der Waals surface area contributed by atoms with Gasteiger partial charge in [-0.05, 0) is 13.8 Å². The summed E-state index contributed by atoms with van der Waals surface area (Å²) < 4.78 is 4.82. The van der Waals surface area contributed by atoms with Crippen molar-refractivity contribution >= 4 is 22.4 Å². The number of aryl methyl sites for hydroxylation is 1. The molecule has 78 valence electrons. The number of ether oxygens (including phenoxy) is 1. The fourth-order valence-corrected chi connectivity index (χ4v) is 1.56. The van der Waals surface area contributed by atoms with Gasteiger partial charge in [0.05, 0.1) is 6.61 Å². The minimum atomic E-state index is -0.247. The van der Waals surface area contributed by atoms with Crippen LogP contribution in [0.25, 0.3) is 0 Å². The Hall–Kier alpha value is -1.17. The van der Waals surface area contributed by atoms with Crippen LogP contribution in [0.3, 0.4) is 0 Å². The molecule has 0 N–H and O–H groups in total. The van der Waals surface area contributed by atoms with Gasteiger partial charge in [0.25, 0.3) is 0 Å². The van der Waals surface area contributed by atoms with Crippen molar-refractivity contribution in [2.45, 2.75) is 13.8 Å². The summed E-state index contributed by atoms with van der Waals surface area (Å²) in [5.74, 6) is -0.247. The first kappa shape index (κ1) is 10.9. The lowest BCUT2D eigenvalue weighted by atomic mass is 10.6. The lowest BCUT2D eigenvalue weighted by molar-refractivity contribution is -0.141. The number of anilines is 1. The summed E-state index contributed by atoms with van der Waals surface area (Å²) in [6.07, 6.45) is 0. The van der Waals surface area contributed by atoms with Crippen LogP contribution in [0.15, 0.2) is 0 Å². The number of hydrogen-bond acceptors (Lipinski definition) is 6. The maximum atomic E-state index is 11.1. The van der Waals surface area contributed by atoms with Gasteiger partial charge in [0.1, 0.15) is 11.6 Å². The highest BCUT2D eigenvalue weighted by molar-refractivity contribution is 7.15. The second kappa shape index (κ2) is 4.90. The number of nitrogens with zero attached hydrogens (tertiary/aromatic N) is 3. The Labute approximate surface area is 86.7 Å². The summed E-state index contributed by atoms with van der Waals surface area (Å²) in [5.41, 5.74) is 0. The van der Waals surface area contributed by atoms with Crippen molar-refractivity contribution in [3.8, 4) is 0 Å². The van der Waals surface area contributed by atoms with Crippen molar-refractivity contribution in [1.82, 2.24) is 10.2 Å². The third-order valence-corrected chi connectivity index (χ3v) is 2.47.